The van der Waals surface area contributed by atoms with Gasteiger partial charge in [0.05, 0.1) is 0 Å². The van der Waals surface area contributed by atoms with Crippen LogP contribution in [0.1, 0.15) is 19.3 Å². The van der Waals surface area contributed by atoms with Crippen molar-refractivity contribution in [1.82, 2.24) is 4.90 Å². The van der Waals surface area contributed by atoms with Gasteiger partial charge in [-0.2, -0.15) is 0 Å². The van der Waals surface area contributed by atoms with E-state index in [1.54, 1.807) is 0 Å². The molecule has 1 aromatic rings. The van der Waals surface area contributed by atoms with E-state index in [1.807, 2.05) is 11.8 Å². The van der Waals surface area contributed by atoms with Crippen molar-refractivity contribution in [2.45, 2.75) is 29.4 Å². The van der Waals surface area contributed by atoms with Crippen molar-refractivity contribution in [3.63, 3.8) is 0 Å². The quantitative estimate of drug-likeness (QED) is 0.748. The summed E-state index contributed by atoms with van der Waals surface area (Å²) in [7, 11) is 0. The molecule has 0 aromatic heterocycles. The van der Waals surface area contributed by atoms with Crippen LogP contribution in [0, 0.1) is 0 Å². The molecule has 1 aliphatic heterocycles. The van der Waals surface area contributed by atoms with E-state index in [0.29, 0.717) is 6.42 Å². The molecule has 0 saturated carbocycles. The van der Waals surface area contributed by atoms with Gasteiger partial charge in [0.15, 0.2) is 0 Å². The van der Waals surface area contributed by atoms with Gasteiger partial charge in [0.1, 0.15) is 6.29 Å². The summed E-state index contributed by atoms with van der Waals surface area (Å²) in [5.41, 5.74) is 0. The largest absolute Gasteiger partial charge is 0.303 e. The van der Waals surface area contributed by atoms with Gasteiger partial charge in [0.25, 0.3) is 0 Å². The van der Waals surface area contributed by atoms with E-state index in [1.165, 1.54) is 17.7 Å². The van der Waals surface area contributed by atoms with Gasteiger partial charge in [-0.25, -0.2) is 0 Å². The Morgan fingerprint density at radius 3 is 2.59 bits per heavy atom. The highest BCUT2D eigenvalue weighted by molar-refractivity contribution is 8.00. The Kier molecular flexibility index (Phi) is 5.08. The molecular formula is C14H19NOS. The van der Waals surface area contributed by atoms with Crippen molar-refractivity contribution in [2.24, 2.45) is 0 Å². The molecule has 1 aliphatic rings. The zero-order valence-electron chi connectivity index (χ0n) is 10.0. The Hall–Kier alpha value is -0.800. The van der Waals surface area contributed by atoms with Crippen molar-refractivity contribution in [3.8, 4) is 0 Å². The van der Waals surface area contributed by atoms with E-state index in [9.17, 15) is 4.79 Å². The van der Waals surface area contributed by atoms with Gasteiger partial charge < -0.3 is 9.69 Å². The minimum Gasteiger partial charge on any atom is -0.303 e. The van der Waals surface area contributed by atoms with Gasteiger partial charge in [-0.3, -0.25) is 0 Å². The zero-order chi connectivity index (χ0) is 11.9. The van der Waals surface area contributed by atoms with Crippen LogP contribution in [0.5, 0.6) is 0 Å². The maximum absolute atomic E-state index is 10.3. The normalized spacial score (nSPS) is 18.1. The molecule has 92 valence electrons. The number of carbonyl (C=O) groups is 1. The molecule has 1 fully saturated rings. The minimum absolute atomic E-state index is 0.677. The minimum atomic E-state index is 0.677. The summed E-state index contributed by atoms with van der Waals surface area (Å²) in [5.74, 6) is 0. The van der Waals surface area contributed by atoms with Gasteiger partial charge in [0, 0.05) is 23.1 Å². The van der Waals surface area contributed by atoms with E-state index >= 15 is 0 Å². The predicted molar refractivity (Wildman–Crippen MR) is 72.4 cm³/mol. The number of piperidine rings is 1. The summed E-state index contributed by atoms with van der Waals surface area (Å²) in [6, 6.07) is 10.6. The fourth-order valence-corrected chi connectivity index (χ4v) is 3.32. The van der Waals surface area contributed by atoms with Gasteiger partial charge in [0.2, 0.25) is 0 Å². The highest BCUT2D eigenvalue weighted by atomic mass is 32.2. The SMILES string of the molecule is O=CCCN1CCC(Sc2ccccc2)CC1. The topological polar surface area (TPSA) is 20.3 Å². The fraction of sp³-hybridized carbons (Fsp3) is 0.500. The monoisotopic (exact) mass is 249 g/mol. The number of hydrogen-bond acceptors (Lipinski definition) is 3. The molecule has 1 heterocycles. The fourth-order valence-electron chi connectivity index (χ4n) is 2.18. The first-order valence-corrected chi connectivity index (χ1v) is 7.14. The maximum atomic E-state index is 10.3. The first-order valence-electron chi connectivity index (χ1n) is 6.26. The summed E-state index contributed by atoms with van der Waals surface area (Å²) in [6.45, 7) is 3.21. The number of rotatable bonds is 5. The van der Waals surface area contributed by atoms with Crippen LogP contribution in [0.15, 0.2) is 35.2 Å². The highest BCUT2D eigenvalue weighted by Crippen LogP contribution is 2.29. The first-order chi connectivity index (χ1) is 8.38. The Labute approximate surface area is 107 Å². The van der Waals surface area contributed by atoms with Crippen LogP contribution in [-0.2, 0) is 4.79 Å². The molecule has 1 aromatic carbocycles. The van der Waals surface area contributed by atoms with Crippen LogP contribution in [0.3, 0.4) is 0 Å². The second-order valence-corrected chi connectivity index (χ2v) is 5.80. The van der Waals surface area contributed by atoms with E-state index in [0.717, 1.165) is 31.2 Å². The number of aldehydes is 1. The Balaban J connectivity index is 1.74. The predicted octanol–water partition coefficient (Wildman–Crippen LogP) is 2.83. The average Bonchev–Trinajstić information content (AvgIpc) is 2.39. The molecule has 0 bridgehead atoms. The van der Waals surface area contributed by atoms with E-state index in [-0.39, 0.29) is 0 Å². The Morgan fingerprint density at radius 1 is 1.24 bits per heavy atom. The van der Waals surface area contributed by atoms with Crippen LogP contribution >= 0.6 is 11.8 Å². The third kappa shape index (κ3) is 4.17. The molecule has 1 saturated heterocycles. The van der Waals surface area contributed by atoms with Crippen LogP contribution in [-0.4, -0.2) is 36.1 Å². The lowest BCUT2D eigenvalue weighted by molar-refractivity contribution is -0.108. The highest BCUT2D eigenvalue weighted by Gasteiger charge is 2.19. The molecule has 0 radical (unpaired) electrons. The number of benzene rings is 1. The lowest BCUT2D eigenvalue weighted by Gasteiger charge is -2.31. The molecule has 0 unspecified atom stereocenters. The van der Waals surface area contributed by atoms with E-state index < -0.39 is 0 Å². The molecule has 3 heteroatoms. The van der Waals surface area contributed by atoms with Gasteiger partial charge in [-0.1, -0.05) is 18.2 Å². The van der Waals surface area contributed by atoms with E-state index in [4.69, 9.17) is 0 Å². The summed E-state index contributed by atoms with van der Waals surface area (Å²) < 4.78 is 0. The number of hydrogen-bond donors (Lipinski definition) is 0. The molecular weight excluding hydrogens is 230 g/mol. The van der Waals surface area contributed by atoms with Crippen LogP contribution in [0.4, 0.5) is 0 Å². The third-order valence-electron chi connectivity index (χ3n) is 3.14. The number of likely N-dealkylation sites (tertiary alicyclic amines) is 1. The van der Waals surface area contributed by atoms with Crippen LogP contribution in [0.25, 0.3) is 0 Å². The summed E-state index contributed by atoms with van der Waals surface area (Å²) in [6.07, 6.45) is 4.16. The average molecular weight is 249 g/mol. The van der Waals surface area contributed by atoms with Crippen LogP contribution < -0.4 is 0 Å². The van der Waals surface area contributed by atoms with Gasteiger partial charge >= 0.3 is 0 Å². The van der Waals surface area contributed by atoms with Crippen molar-refractivity contribution in [2.75, 3.05) is 19.6 Å². The van der Waals surface area contributed by atoms with Crippen LogP contribution in [0.2, 0.25) is 0 Å². The molecule has 0 N–H and O–H groups in total. The molecule has 0 aliphatic carbocycles. The standard InChI is InChI=1S/C14H19NOS/c16-12-4-9-15-10-7-14(8-11-15)17-13-5-2-1-3-6-13/h1-3,5-6,12,14H,4,7-11H2. The smallest absolute Gasteiger partial charge is 0.121 e. The van der Waals surface area contributed by atoms with Crippen molar-refractivity contribution >= 4 is 18.0 Å². The lowest BCUT2D eigenvalue weighted by atomic mass is 10.1. The zero-order valence-corrected chi connectivity index (χ0v) is 10.9. The molecule has 2 rings (SSSR count). The van der Waals surface area contributed by atoms with Gasteiger partial charge in [-0.05, 0) is 38.1 Å². The number of nitrogens with zero attached hydrogens (tertiary/aromatic N) is 1. The van der Waals surface area contributed by atoms with Crippen molar-refractivity contribution in [1.29, 1.82) is 0 Å². The van der Waals surface area contributed by atoms with Crippen molar-refractivity contribution < 1.29 is 4.79 Å². The van der Waals surface area contributed by atoms with Crippen molar-refractivity contribution in [3.05, 3.63) is 30.3 Å². The molecule has 0 atom stereocenters. The molecule has 0 spiro atoms. The third-order valence-corrected chi connectivity index (χ3v) is 4.49. The van der Waals surface area contributed by atoms with E-state index in [2.05, 4.69) is 35.2 Å². The van der Waals surface area contributed by atoms with Gasteiger partial charge in [-0.15, -0.1) is 11.8 Å². The second kappa shape index (κ2) is 6.82. The summed E-state index contributed by atoms with van der Waals surface area (Å²) in [5, 5.41) is 0.741. The molecule has 0 amide bonds. The second-order valence-electron chi connectivity index (χ2n) is 4.43. The Morgan fingerprint density at radius 2 is 1.94 bits per heavy atom. The summed E-state index contributed by atoms with van der Waals surface area (Å²) >= 11 is 1.99. The maximum Gasteiger partial charge on any atom is 0.121 e. The summed E-state index contributed by atoms with van der Waals surface area (Å²) in [4.78, 5) is 14.1. The lowest BCUT2D eigenvalue weighted by Crippen LogP contribution is -2.35. The molecule has 2 nitrogen and oxygen atoms in total. The Bertz CT molecular complexity index is 333. The number of thioether (sulfide) groups is 1. The number of carbonyl (C=O) groups excluding carboxylic acids is 1. The first kappa shape index (κ1) is 12.7. The molecule has 17 heavy (non-hydrogen) atoms.